The summed E-state index contributed by atoms with van der Waals surface area (Å²) in [7, 11) is 0. The Balaban J connectivity index is 1.67. The maximum Gasteiger partial charge on any atom is 0.259 e. The summed E-state index contributed by atoms with van der Waals surface area (Å²) < 4.78 is 5.27. The number of likely N-dealkylation sites (tertiary alicyclic amines) is 1. The van der Waals surface area contributed by atoms with E-state index in [1.165, 1.54) is 6.07 Å². The van der Waals surface area contributed by atoms with Crippen LogP contribution in [0.2, 0.25) is 15.1 Å². The molecular formula is C17H19Cl3N2O4. The van der Waals surface area contributed by atoms with Crippen molar-refractivity contribution in [3.63, 3.8) is 0 Å². The van der Waals surface area contributed by atoms with Crippen molar-refractivity contribution in [1.82, 2.24) is 9.80 Å². The molecule has 9 heteroatoms. The Hall–Kier alpha value is -1.21. The first kappa shape index (κ1) is 19.5. The number of rotatable bonds is 2. The van der Waals surface area contributed by atoms with E-state index >= 15 is 0 Å². The lowest BCUT2D eigenvalue weighted by molar-refractivity contribution is -0.141. The predicted molar refractivity (Wildman–Crippen MR) is 99.2 cm³/mol. The summed E-state index contributed by atoms with van der Waals surface area (Å²) in [5, 5.41) is 10.2. The van der Waals surface area contributed by atoms with Crippen LogP contribution >= 0.6 is 34.8 Å². The molecule has 0 bridgehead atoms. The number of nitrogens with zero attached hydrogens (tertiary/aromatic N) is 2. The number of aromatic hydroxyl groups is 1. The number of phenols is 1. The Labute approximate surface area is 166 Å². The van der Waals surface area contributed by atoms with Gasteiger partial charge in [0.25, 0.3) is 5.91 Å². The average Bonchev–Trinajstić information content (AvgIpc) is 2.67. The second-order valence-corrected chi connectivity index (χ2v) is 7.57. The van der Waals surface area contributed by atoms with Gasteiger partial charge in [0.15, 0.2) is 0 Å². The number of amides is 2. The molecule has 0 aromatic heterocycles. The Morgan fingerprint density at radius 1 is 1.00 bits per heavy atom. The Morgan fingerprint density at radius 2 is 1.62 bits per heavy atom. The van der Waals surface area contributed by atoms with Gasteiger partial charge in [-0.05, 0) is 18.9 Å². The fourth-order valence-electron chi connectivity index (χ4n) is 3.31. The summed E-state index contributed by atoms with van der Waals surface area (Å²) in [5.74, 6) is -0.803. The quantitative estimate of drug-likeness (QED) is 0.745. The third-order valence-corrected chi connectivity index (χ3v) is 5.89. The van der Waals surface area contributed by atoms with Gasteiger partial charge in [-0.25, -0.2) is 0 Å². The minimum Gasteiger partial charge on any atom is -0.505 e. The van der Waals surface area contributed by atoms with E-state index in [1.807, 2.05) is 4.90 Å². The van der Waals surface area contributed by atoms with Gasteiger partial charge in [0, 0.05) is 32.1 Å². The van der Waals surface area contributed by atoms with Crippen molar-refractivity contribution in [1.29, 1.82) is 0 Å². The molecule has 3 rings (SSSR count). The van der Waals surface area contributed by atoms with E-state index in [2.05, 4.69) is 0 Å². The van der Waals surface area contributed by atoms with Gasteiger partial charge in [-0.3, -0.25) is 9.59 Å². The topological polar surface area (TPSA) is 70.1 Å². The zero-order chi connectivity index (χ0) is 18.8. The number of carbonyl (C=O) groups is 2. The van der Waals surface area contributed by atoms with Gasteiger partial charge in [-0.2, -0.15) is 0 Å². The lowest BCUT2D eigenvalue weighted by Gasteiger charge is -2.35. The van der Waals surface area contributed by atoms with Crippen LogP contribution in [0.15, 0.2) is 6.07 Å². The van der Waals surface area contributed by atoms with Crippen molar-refractivity contribution in [2.24, 2.45) is 5.92 Å². The number of hydrogen-bond acceptors (Lipinski definition) is 4. The summed E-state index contributed by atoms with van der Waals surface area (Å²) in [6.45, 7) is 3.16. The smallest absolute Gasteiger partial charge is 0.259 e. The Kier molecular flexibility index (Phi) is 6.17. The molecule has 6 nitrogen and oxygen atoms in total. The van der Waals surface area contributed by atoms with Crippen LogP contribution in [0.3, 0.4) is 0 Å². The van der Waals surface area contributed by atoms with Gasteiger partial charge in [0.1, 0.15) is 11.3 Å². The number of carbonyl (C=O) groups excluding carboxylic acids is 2. The monoisotopic (exact) mass is 420 g/mol. The summed E-state index contributed by atoms with van der Waals surface area (Å²) >= 11 is 18.0. The standard InChI is InChI=1S/C17H19Cl3N2O4/c18-11-9-12(19)15(23)13(14(11)20)17(25)21-3-1-10(2-4-21)16(24)22-5-7-26-8-6-22/h9-10,23H,1-8H2. The normalized spacial score (nSPS) is 18.9. The fraction of sp³-hybridized carbons (Fsp3) is 0.529. The molecule has 142 valence electrons. The average molecular weight is 422 g/mol. The van der Waals surface area contributed by atoms with E-state index in [0.29, 0.717) is 52.2 Å². The summed E-state index contributed by atoms with van der Waals surface area (Å²) in [6.07, 6.45) is 1.13. The maximum atomic E-state index is 12.8. The van der Waals surface area contributed by atoms with E-state index in [9.17, 15) is 14.7 Å². The van der Waals surface area contributed by atoms with Gasteiger partial charge >= 0.3 is 0 Å². The van der Waals surface area contributed by atoms with Crippen LogP contribution in [-0.2, 0) is 9.53 Å². The zero-order valence-electron chi connectivity index (χ0n) is 14.0. The number of phenolic OH excluding ortho intramolecular Hbond substituents is 1. The molecule has 1 aromatic rings. The second-order valence-electron chi connectivity index (χ2n) is 6.38. The van der Waals surface area contributed by atoms with E-state index in [0.717, 1.165) is 0 Å². The highest BCUT2D eigenvalue weighted by Crippen LogP contribution is 2.39. The molecule has 2 aliphatic heterocycles. The number of benzene rings is 1. The number of halogens is 3. The zero-order valence-corrected chi connectivity index (χ0v) is 16.3. The van der Waals surface area contributed by atoms with Crippen molar-refractivity contribution >= 4 is 46.6 Å². The number of piperidine rings is 1. The Bertz CT molecular complexity index is 688. The third kappa shape index (κ3) is 3.88. The SMILES string of the molecule is O=C(c1c(O)c(Cl)cc(Cl)c1Cl)N1CCC(C(=O)N2CCOCC2)CC1. The first-order valence-electron chi connectivity index (χ1n) is 8.42. The van der Waals surface area contributed by atoms with E-state index in [-0.39, 0.29) is 38.2 Å². The van der Waals surface area contributed by atoms with Crippen LogP contribution in [0.4, 0.5) is 0 Å². The minimum atomic E-state index is -0.436. The molecule has 2 fully saturated rings. The molecule has 2 heterocycles. The van der Waals surface area contributed by atoms with Crippen LogP contribution in [0.1, 0.15) is 23.2 Å². The predicted octanol–water partition coefficient (Wildman–Crippen LogP) is 3.06. The summed E-state index contributed by atoms with van der Waals surface area (Å²) in [5.41, 5.74) is -0.0953. The molecule has 0 spiro atoms. The van der Waals surface area contributed by atoms with Crippen molar-refractivity contribution in [3.8, 4) is 5.75 Å². The number of morpholine rings is 1. The lowest BCUT2D eigenvalue weighted by Crippen LogP contribution is -2.47. The molecule has 0 atom stereocenters. The number of ether oxygens (including phenoxy) is 1. The highest BCUT2D eigenvalue weighted by atomic mass is 35.5. The van der Waals surface area contributed by atoms with E-state index in [4.69, 9.17) is 39.5 Å². The van der Waals surface area contributed by atoms with Crippen molar-refractivity contribution in [2.45, 2.75) is 12.8 Å². The molecule has 1 aromatic carbocycles. The molecular weight excluding hydrogens is 403 g/mol. The highest BCUT2D eigenvalue weighted by Gasteiger charge is 2.33. The number of hydrogen-bond donors (Lipinski definition) is 1. The van der Waals surface area contributed by atoms with Crippen molar-refractivity contribution in [3.05, 3.63) is 26.7 Å². The van der Waals surface area contributed by atoms with Crippen LogP contribution in [0.25, 0.3) is 0 Å². The van der Waals surface area contributed by atoms with E-state index < -0.39 is 5.91 Å². The molecule has 0 unspecified atom stereocenters. The molecule has 0 aliphatic carbocycles. The van der Waals surface area contributed by atoms with Gasteiger partial charge in [-0.1, -0.05) is 34.8 Å². The molecule has 0 saturated carbocycles. The van der Waals surface area contributed by atoms with Crippen LogP contribution < -0.4 is 0 Å². The molecule has 0 radical (unpaired) electrons. The van der Waals surface area contributed by atoms with Gasteiger partial charge in [-0.15, -0.1) is 0 Å². The van der Waals surface area contributed by atoms with Gasteiger partial charge in [0.2, 0.25) is 5.91 Å². The van der Waals surface area contributed by atoms with Crippen LogP contribution in [-0.4, -0.2) is 66.1 Å². The van der Waals surface area contributed by atoms with Gasteiger partial charge in [0.05, 0.1) is 28.3 Å². The first-order valence-corrected chi connectivity index (χ1v) is 9.55. The van der Waals surface area contributed by atoms with E-state index in [1.54, 1.807) is 4.90 Å². The molecule has 2 aliphatic rings. The highest BCUT2D eigenvalue weighted by molar-refractivity contribution is 6.45. The van der Waals surface area contributed by atoms with Crippen molar-refractivity contribution < 1.29 is 19.4 Å². The molecule has 2 saturated heterocycles. The van der Waals surface area contributed by atoms with Crippen LogP contribution in [0.5, 0.6) is 5.75 Å². The first-order chi connectivity index (χ1) is 12.4. The largest absolute Gasteiger partial charge is 0.505 e. The Morgan fingerprint density at radius 3 is 2.23 bits per heavy atom. The molecule has 1 N–H and O–H groups in total. The van der Waals surface area contributed by atoms with Crippen molar-refractivity contribution in [2.75, 3.05) is 39.4 Å². The lowest BCUT2D eigenvalue weighted by atomic mass is 9.94. The molecule has 2 amide bonds. The minimum absolute atomic E-state index is 0.0231. The maximum absolute atomic E-state index is 12.8. The summed E-state index contributed by atoms with van der Waals surface area (Å²) in [6, 6.07) is 1.30. The summed E-state index contributed by atoms with van der Waals surface area (Å²) in [4.78, 5) is 28.7. The fourth-order valence-corrected chi connectivity index (χ4v) is 4.00. The second kappa shape index (κ2) is 8.21. The molecule has 26 heavy (non-hydrogen) atoms. The van der Waals surface area contributed by atoms with Gasteiger partial charge < -0.3 is 19.6 Å². The third-order valence-electron chi connectivity index (χ3n) is 4.81. The van der Waals surface area contributed by atoms with Crippen LogP contribution in [0, 0.1) is 5.92 Å².